The van der Waals surface area contributed by atoms with E-state index in [2.05, 4.69) is 30.2 Å². The molecule has 7 nitrogen and oxygen atoms in total. The predicted molar refractivity (Wildman–Crippen MR) is 93.6 cm³/mol. The van der Waals surface area contributed by atoms with Crippen molar-refractivity contribution >= 4 is 16.8 Å². The first kappa shape index (κ1) is 15.8. The summed E-state index contributed by atoms with van der Waals surface area (Å²) in [6.45, 7) is 7.23. The highest BCUT2D eigenvalue weighted by atomic mass is 16.1. The van der Waals surface area contributed by atoms with E-state index >= 15 is 0 Å². The van der Waals surface area contributed by atoms with Gasteiger partial charge in [0.2, 0.25) is 0 Å². The zero-order valence-electron chi connectivity index (χ0n) is 14.7. The minimum absolute atomic E-state index is 0.0148. The third kappa shape index (κ3) is 2.50. The molecule has 4 rings (SSSR count). The zero-order valence-corrected chi connectivity index (χ0v) is 14.7. The molecule has 0 fully saturated rings. The molecule has 1 aliphatic rings. The summed E-state index contributed by atoms with van der Waals surface area (Å²) in [4.78, 5) is 24.1. The molecule has 0 bridgehead atoms. The standard InChI is InChI=1S/C18H21N5O2/c1-12(24)9-21-10-13(19-20-21)11-23-15-6-4-5-14-16(15)22(17(23)25)8-7-18(14,2)3/h4-6,10H,7-9,11H2,1-3H3. The highest BCUT2D eigenvalue weighted by Gasteiger charge is 2.31. The van der Waals surface area contributed by atoms with Crippen LogP contribution in [0.2, 0.25) is 0 Å². The summed E-state index contributed by atoms with van der Waals surface area (Å²) in [5.74, 6) is 0.0167. The van der Waals surface area contributed by atoms with Crippen molar-refractivity contribution in [1.29, 1.82) is 0 Å². The van der Waals surface area contributed by atoms with Gasteiger partial charge in [-0.05, 0) is 30.4 Å². The summed E-state index contributed by atoms with van der Waals surface area (Å²) < 4.78 is 5.13. The molecule has 130 valence electrons. The lowest BCUT2D eigenvalue weighted by atomic mass is 9.79. The van der Waals surface area contributed by atoms with Crippen LogP contribution in [-0.2, 0) is 29.8 Å². The highest BCUT2D eigenvalue weighted by Crippen LogP contribution is 2.36. The van der Waals surface area contributed by atoms with Gasteiger partial charge in [-0.2, -0.15) is 0 Å². The highest BCUT2D eigenvalue weighted by molar-refractivity contribution is 5.81. The quantitative estimate of drug-likeness (QED) is 0.725. The number of hydrogen-bond acceptors (Lipinski definition) is 4. The number of imidazole rings is 1. The maximum absolute atomic E-state index is 12.9. The van der Waals surface area contributed by atoms with Gasteiger partial charge in [0.15, 0.2) is 5.78 Å². The molecule has 3 heterocycles. The Morgan fingerprint density at radius 2 is 2.12 bits per heavy atom. The van der Waals surface area contributed by atoms with Crippen molar-refractivity contribution in [1.82, 2.24) is 24.1 Å². The van der Waals surface area contributed by atoms with E-state index in [-0.39, 0.29) is 23.4 Å². The maximum atomic E-state index is 12.9. The third-order valence-electron chi connectivity index (χ3n) is 5.02. The molecule has 0 atom stereocenters. The molecule has 1 aromatic carbocycles. The van der Waals surface area contributed by atoms with E-state index in [0.29, 0.717) is 12.2 Å². The summed E-state index contributed by atoms with van der Waals surface area (Å²) in [7, 11) is 0. The molecule has 0 aliphatic carbocycles. The molecule has 7 heteroatoms. The molecule has 0 spiro atoms. The van der Waals surface area contributed by atoms with Crippen LogP contribution in [0.15, 0.2) is 29.2 Å². The number of ketones is 1. The van der Waals surface area contributed by atoms with Crippen LogP contribution in [0, 0.1) is 0 Å². The normalized spacial score (nSPS) is 15.6. The second-order valence-electron chi connectivity index (χ2n) is 7.44. The number of rotatable bonds is 4. The number of carbonyl (C=O) groups excluding carboxylic acids is 1. The Hall–Kier alpha value is -2.70. The SMILES string of the molecule is CC(=O)Cn1cc(Cn2c(=O)n3c4c(cccc42)C(C)(C)CC3)nn1. The number of benzene rings is 1. The average molecular weight is 339 g/mol. The maximum Gasteiger partial charge on any atom is 0.329 e. The second-order valence-corrected chi connectivity index (χ2v) is 7.44. The Bertz CT molecular complexity index is 1040. The van der Waals surface area contributed by atoms with Crippen molar-refractivity contribution in [3.8, 4) is 0 Å². The van der Waals surface area contributed by atoms with Crippen molar-refractivity contribution in [3.05, 3.63) is 46.1 Å². The fourth-order valence-corrected chi connectivity index (χ4v) is 3.69. The molecule has 0 saturated carbocycles. The number of aromatic nitrogens is 5. The molecule has 0 unspecified atom stereocenters. The van der Waals surface area contributed by atoms with Gasteiger partial charge in [-0.15, -0.1) is 5.10 Å². The summed E-state index contributed by atoms with van der Waals surface area (Å²) >= 11 is 0. The molecule has 3 aromatic rings. The van der Waals surface area contributed by atoms with Gasteiger partial charge in [0.1, 0.15) is 12.2 Å². The Morgan fingerprint density at radius 3 is 2.88 bits per heavy atom. The molecular weight excluding hydrogens is 318 g/mol. The molecule has 25 heavy (non-hydrogen) atoms. The Morgan fingerprint density at radius 1 is 1.32 bits per heavy atom. The summed E-state index contributed by atoms with van der Waals surface area (Å²) in [5.41, 5.74) is 3.89. The van der Waals surface area contributed by atoms with Crippen LogP contribution < -0.4 is 5.69 Å². The first-order valence-electron chi connectivity index (χ1n) is 8.48. The van der Waals surface area contributed by atoms with E-state index in [0.717, 1.165) is 24.0 Å². The molecule has 0 radical (unpaired) electrons. The van der Waals surface area contributed by atoms with E-state index < -0.39 is 0 Å². The summed E-state index contributed by atoms with van der Waals surface area (Å²) in [6, 6.07) is 6.11. The monoisotopic (exact) mass is 339 g/mol. The number of nitrogens with zero attached hydrogens (tertiary/aromatic N) is 5. The van der Waals surface area contributed by atoms with Crippen LogP contribution in [0.5, 0.6) is 0 Å². The average Bonchev–Trinajstić information content (AvgIpc) is 3.08. The van der Waals surface area contributed by atoms with Gasteiger partial charge in [-0.1, -0.05) is 31.2 Å². The number of para-hydroxylation sites is 1. The first-order valence-corrected chi connectivity index (χ1v) is 8.48. The second kappa shape index (κ2) is 5.40. The fourth-order valence-electron chi connectivity index (χ4n) is 3.69. The molecule has 1 aliphatic heterocycles. The lowest BCUT2D eigenvalue weighted by Gasteiger charge is -2.30. The summed E-state index contributed by atoms with van der Waals surface area (Å²) in [6.07, 6.45) is 2.67. The molecular formula is C18H21N5O2. The lowest BCUT2D eigenvalue weighted by molar-refractivity contribution is -0.117. The molecule has 0 amide bonds. The topological polar surface area (TPSA) is 74.7 Å². The smallest absolute Gasteiger partial charge is 0.298 e. The summed E-state index contributed by atoms with van der Waals surface area (Å²) in [5, 5.41) is 8.07. The number of carbonyl (C=O) groups is 1. The van der Waals surface area contributed by atoms with Crippen LogP contribution in [0.3, 0.4) is 0 Å². The van der Waals surface area contributed by atoms with Gasteiger partial charge in [0.25, 0.3) is 0 Å². The molecule has 0 saturated heterocycles. The van der Waals surface area contributed by atoms with Crippen LogP contribution in [-0.4, -0.2) is 29.9 Å². The van der Waals surface area contributed by atoms with Crippen molar-refractivity contribution < 1.29 is 4.79 Å². The van der Waals surface area contributed by atoms with Crippen LogP contribution in [0.25, 0.3) is 11.0 Å². The van der Waals surface area contributed by atoms with E-state index in [1.54, 1.807) is 10.8 Å². The zero-order chi connectivity index (χ0) is 17.8. The molecule has 2 aromatic heterocycles. The third-order valence-corrected chi connectivity index (χ3v) is 5.02. The van der Waals surface area contributed by atoms with Gasteiger partial charge < -0.3 is 0 Å². The largest absolute Gasteiger partial charge is 0.329 e. The first-order chi connectivity index (χ1) is 11.9. The Balaban J connectivity index is 1.81. The van der Waals surface area contributed by atoms with Crippen molar-refractivity contribution in [3.63, 3.8) is 0 Å². The minimum Gasteiger partial charge on any atom is -0.298 e. The van der Waals surface area contributed by atoms with Crippen molar-refractivity contribution in [2.75, 3.05) is 0 Å². The van der Waals surface area contributed by atoms with E-state index in [1.165, 1.54) is 17.2 Å². The van der Waals surface area contributed by atoms with Gasteiger partial charge in [-0.3, -0.25) is 13.9 Å². The van der Waals surface area contributed by atoms with E-state index in [1.807, 2.05) is 16.7 Å². The lowest BCUT2D eigenvalue weighted by Crippen LogP contribution is -2.31. The van der Waals surface area contributed by atoms with E-state index in [9.17, 15) is 9.59 Å². The number of aryl methyl sites for hydroxylation is 1. The van der Waals surface area contributed by atoms with E-state index in [4.69, 9.17) is 0 Å². The van der Waals surface area contributed by atoms with Gasteiger partial charge >= 0.3 is 5.69 Å². The number of Topliss-reactive ketones (excluding diaryl/α,β-unsaturated/α-hetero) is 1. The van der Waals surface area contributed by atoms with Crippen LogP contribution in [0.4, 0.5) is 0 Å². The van der Waals surface area contributed by atoms with Gasteiger partial charge in [0, 0.05) is 6.54 Å². The Labute approximate surface area is 144 Å². The Kier molecular flexibility index (Phi) is 3.42. The fraction of sp³-hybridized carbons (Fsp3) is 0.444. The van der Waals surface area contributed by atoms with Crippen molar-refractivity contribution in [2.24, 2.45) is 0 Å². The van der Waals surface area contributed by atoms with Gasteiger partial charge in [0.05, 0.1) is 23.8 Å². The minimum atomic E-state index is -0.0148. The molecule has 0 N–H and O–H groups in total. The van der Waals surface area contributed by atoms with Crippen molar-refractivity contribution in [2.45, 2.75) is 52.2 Å². The van der Waals surface area contributed by atoms with Gasteiger partial charge in [-0.25, -0.2) is 9.48 Å². The number of hydrogen-bond donors (Lipinski definition) is 0. The van der Waals surface area contributed by atoms with Crippen LogP contribution >= 0.6 is 0 Å². The van der Waals surface area contributed by atoms with Crippen LogP contribution in [0.1, 0.15) is 38.4 Å². The predicted octanol–water partition coefficient (Wildman–Crippen LogP) is 1.71.